The van der Waals surface area contributed by atoms with Crippen LogP contribution >= 0.6 is 0 Å². The van der Waals surface area contributed by atoms with Gasteiger partial charge in [0.1, 0.15) is 36.6 Å². The average Bonchev–Trinajstić information content (AvgIpc) is 3.30. The monoisotopic (exact) mass is 746 g/mol. The molecule has 6 rings (SSSR count). The molecule has 15 nitrogen and oxygen atoms in total. The van der Waals surface area contributed by atoms with Gasteiger partial charge in [-0.05, 0) is 66.6 Å². The molecule has 6 fully saturated rings. The van der Waals surface area contributed by atoms with E-state index in [4.69, 9.17) is 18.9 Å². The van der Waals surface area contributed by atoms with Gasteiger partial charge in [-0.3, -0.25) is 0 Å². The summed E-state index contributed by atoms with van der Waals surface area (Å²) in [5, 5.41) is 119. The molecule has 2 heterocycles. The Labute approximate surface area is 304 Å². The summed E-state index contributed by atoms with van der Waals surface area (Å²) >= 11 is 0. The standard InChI is InChI=1S/C37H62O15/c1-16(5-6-20(38)17(2)13-49-33-30(46)26(42)22(40)14-50-33)25-28(44)29(45)32-36(25,4)10-8-24-35(3)9-7-18(11-19(35)21(39)12-37(24,32)48)52-34-31(47)27(43)23(41)15-51-34/h5-6,16-34,38-48H,7-15H2,1-4H3/b6-5+/t16-,17-,18+,19?,20-,21+,22-,23-,24?,25+,26+,27+,28-,29-,30-,31-,32?,33-,34+,35+,36-,37+/m1/s1. The Balaban J connectivity index is 1.11. The quantitative estimate of drug-likeness (QED) is 0.0914. The average molecular weight is 747 g/mol. The molecule has 2 aliphatic heterocycles. The van der Waals surface area contributed by atoms with E-state index in [1.807, 2.05) is 13.8 Å². The van der Waals surface area contributed by atoms with E-state index >= 15 is 0 Å². The van der Waals surface area contributed by atoms with E-state index in [0.29, 0.717) is 32.1 Å². The van der Waals surface area contributed by atoms with Crippen LogP contribution in [0.5, 0.6) is 0 Å². The van der Waals surface area contributed by atoms with Crippen molar-refractivity contribution < 1.29 is 75.1 Å². The van der Waals surface area contributed by atoms with Crippen molar-refractivity contribution in [1.82, 2.24) is 0 Å². The van der Waals surface area contributed by atoms with Crippen LogP contribution in [0.25, 0.3) is 0 Å². The van der Waals surface area contributed by atoms with E-state index in [9.17, 15) is 56.2 Å². The second-order valence-electron chi connectivity index (χ2n) is 17.5. The summed E-state index contributed by atoms with van der Waals surface area (Å²) in [6.45, 7) is 7.36. The molecule has 0 aromatic heterocycles. The maximum atomic E-state index is 12.7. The van der Waals surface area contributed by atoms with E-state index in [2.05, 4.69) is 6.92 Å². The molecule has 6 aliphatic rings. The highest BCUT2D eigenvalue weighted by Gasteiger charge is 2.72. The maximum Gasteiger partial charge on any atom is 0.186 e. The van der Waals surface area contributed by atoms with Crippen molar-refractivity contribution in [2.24, 2.45) is 46.3 Å². The van der Waals surface area contributed by atoms with E-state index in [1.54, 1.807) is 19.1 Å². The maximum absolute atomic E-state index is 12.7. The Morgan fingerprint density at radius 3 is 1.98 bits per heavy atom. The van der Waals surface area contributed by atoms with Crippen LogP contribution in [0.2, 0.25) is 0 Å². The van der Waals surface area contributed by atoms with Gasteiger partial charge in [-0.2, -0.15) is 0 Å². The second kappa shape index (κ2) is 15.2. The van der Waals surface area contributed by atoms with Crippen molar-refractivity contribution in [3.8, 4) is 0 Å². The van der Waals surface area contributed by atoms with Crippen LogP contribution in [-0.2, 0) is 18.9 Å². The molecule has 0 radical (unpaired) electrons. The molecule has 4 aliphatic carbocycles. The normalized spacial score (nSPS) is 54.2. The summed E-state index contributed by atoms with van der Waals surface area (Å²) < 4.78 is 22.4. The van der Waals surface area contributed by atoms with Gasteiger partial charge in [0, 0.05) is 18.3 Å². The van der Waals surface area contributed by atoms with Crippen LogP contribution in [0.1, 0.15) is 66.2 Å². The van der Waals surface area contributed by atoms with Gasteiger partial charge in [-0.1, -0.05) is 39.8 Å². The first-order chi connectivity index (χ1) is 24.3. The first-order valence-electron chi connectivity index (χ1n) is 19.1. The van der Waals surface area contributed by atoms with E-state index in [1.165, 1.54) is 0 Å². The molecule has 4 saturated carbocycles. The van der Waals surface area contributed by atoms with Gasteiger partial charge in [0.15, 0.2) is 12.6 Å². The lowest BCUT2D eigenvalue weighted by atomic mass is 9.42. The summed E-state index contributed by atoms with van der Waals surface area (Å²) in [5.74, 6) is -2.47. The van der Waals surface area contributed by atoms with Gasteiger partial charge >= 0.3 is 0 Å². The van der Waals surface area contributed by atoms with Crippen LogP contribution in [0.4, 0.5) is 0 Å². The zero-order chi connectivity index (χ0) is 38.1. The molecule has 0 aromatic rings. The first-order valence-corrected chi connectivity index (χ1v) is 19.1. The third-order valence-corrected chi connectivity index (χ3v) is 14.3. The van der Waals surface area contributed by atoms with Crippen molar-refractivity contribution in [1.29, 1.82) is 0 Å². The third kappa shape index (κ3) is 6.94. The van der Waals surface area contributed by atoms with E-state index in [0.717, 1.165) is 0 Å². The molecule has 11 N–H and O–H groups in total. The molecule has 2 saturated heterocycles. The number of ether oxygens (including phenoxy) is 4. The van der Waals surface area contributed by atoms with Gasteiger partial charge in [-0.15, -0.1) is 0 Å². The number of aliphatic hydroxyl groups is 11. The molecule has 0 aromatic carbocycles. The Hall–Kier alpha value is -0.860. The Bertz CT molecular complexity index is 1260. The Kier molecular flexibility index (Phi) is 12.0. The van der Waals surface area contributed by atoms with Crippen LogP contribution in [0.3, 0.4) is 0 Å². The molecular formula is C37H62O15. The smallest absolute Gasteiger partial charge is 0.186 e. The van der Waals surface area contributed by atoms with Gasteiger partial charge in [0.25, 0.3) is 0 Å². The summed E-state index contributed by atoms with van der Waals surface area (Å²) in [5.41, 5.74) is -2.67. The lowest BCUT2D eigenvalue weighted by Gasteiger charge is -2.66. The number of allylic oxidation sites excluding steroid dienone is 1. The number of fused-ring (bicyclic) bond motifs is 5. The SMILES string of the molecule is C[C@H](/C=C/[C@@H](O)[C@H](C)CO[C@@H]1OC[C@@H](O)[C@H](O)[C@H]1O)[C@H]1[C@@H](O)[C@@H](O)C2[C@]3(O)C[C@H](O)C4C[C@@H](O[C@@H]5OC[C@@H](O)[C@H](O)[C@H]5O)CC[C@]4(C)C3CC[C@@]21C. The molecule has 15 heteroatoms. The molecule has 0 bridgehead atoms. The zero-order valence-electron chi connectivity index (χ0n) is 30.5. The van der Waals surface area contributed by atoms with E-state index in [-0.39, 0.29) is 50.1 Å². The summed E-state index contributed by atoms with van der Waals surface area (Å²) in [6, 6.07) is 0. The molecule has 52 heavy (non-hydrogen) atoms. The highest BCUT2D eigenvalue weighted by Crippen LogP contribution is 2.69. The zero-order valence-corrected chi connectivity index (χ0v) is 30.5. The lowest BCUT2D eigenvalue weighted by Crippen LogP contribution is -2.69. The van der Waals surface area contributed by atoms with Crippen molar-refractivity contribution in [2.45, 2.75) is 152 Å². The summed E-state index contributed by atoms with van der Waals surface area (Å²) in [4.78, 5) is 0. The van der Waals surface area contributed by atoms with Gasteiger partial charge in [0.2, 0.25) is 0 Å². The van der Waals surface area contributed by atoms with Crippen molar-refractivity contribution in [2.75, 3.05) is 19.8 Å². The minimum atomic E-state index is -1.46. The van der Waals surface area contributed by atoms with Crippen molar-refractivity contribution in [3.63, 3.8) is 0 Å². The van der Waals surface area contributed by atoms with Gasteiger partial charge < -0.3 is 75.1 Å². The fourth-order valence-corrected chi connectivity index (χ4v) is 11.5. The number of rotatable bonds is 9. The molecule has 300 valence electrons. The predicted molar refractivity (Wildman–Crippen MR) is 181 cm³/mol. The van der Waals surface area contributed by atoms with Crippen molar-refractivity contribution >= 4 is 0 Å². The topological polar surface area (TPSA) is 259 Å². The lowest BCUT2D eigenvalue weighted by molar-refractivity contribution is -0.300. The molecule has 3 unspecified atom stereocenters. The third-order valence-electron chi connectivity index (χ3n) is 14.3. The molecule has 0 spiro atoms. The Morgan fingerprint density at radius 1 is 0.731 bits per heavy atom. The minimum absolute atomic E-state index is 0.0120. The van der Waals surface area contributed by atoms with Gasteiger partial charge in [-0.25, -0.2) is 0 Å². The van der Waals surface area contributed by atoms with Crippen LogP contribution in [-0.4, -0.2) is 161 Å². The fourth-order valence-electron chi connectivity index (χ4n) is 11.5. The van der Waals surface area contributed by atoms with Crippen LogP contribution in [0, 0.1) is 46.3 Å². The molecular weight excluding hydrogens is 684 g/mol. The molecule has 0 amide bonds. The number of hydrogen-bond donors (Lipinski definition) is 11. The van der Waals surface area contributed by atoms with Crippen molar-refractivity contribution in [3.05, 3.63) is 12.2 Å². The second-order valence-corrected chi connectivity index (χ2v) is 17.5. The fraction of sp³-hybridized carbons (Fsp3) is 0.946. The Morgan fingerprint density at radius 2 is 1.33 bits per heavy atom. The first kappa shape index (κ1) is 40.8. The van der Waals surface area contributed by atoms with E-state index < -0.39 is 108 Å². The highest BCUT2D eigenvalue weighted by molar-refractivity contribution is 5.22. The number of aliphatic hydroxyl groups excluding tert-OH is 10. The largest absolute Gasteiger partial charge is 0.393 e. The predicted octanol–water partition coefficient (Wildman–Crippen LogP) is -1.86. The summed E-state index contributed by atoms with van der Waals surface area (Å²) in [7, 11) is 0. The molecule has 22 atom stereocenters. The van der Waals surface area contributed by atoms with Crippen LogP contribution < -0.4 is 0 Å². The summed E-state index contributed by atoms with van der Waals surface area (Å²) in [6.07, 6.45) is -8.79. The highest BCUT2D eigenvalue weighted by atomic mass is 16.7. The van der Waals surface area contributed by atoms with Crippen LogP contribution in [0.15, 0.2) is 12.2 Å². The number of hydrogen-bond acceptors (Lipinski definition) is 15. The minimum Gasteiger partial charge on any atom is -0.393 e. The van der Waals surface area contributed by atoms with Gasteiger partial charge in [0.05, 0.1) is 55.9 Å².